The van der Waals surface area contributed by atoms with Gasteiger partial charge in [0, 0.05) is 17.8 Å². The molecule has 0 saturated heterocycles. The second kappa shape index (κ2) is 5.76. The van der Waals surface area contributed by atoms with Crippen molar-refractivity contribution in [3.63, 3.8) is 0 Å². The van der Waals surface area contributed by atoms with Crippen molar-refractivity contribution < 1.29 is 14.3 Å². The standard InChI is InChI=1S/C12H12N4O3/c1-18-10-5-8(3-4-13-10)11(17)16-9-6-14-12(19-2)15-7-9/h3-7H,1-2H3,(H,16,17). The summed E-state index contributed by atoms with van der Waals surface area (Å²) in [6, 6.07) is 3.37. The van der Waals surface area contributed by atoms with E-state index in [-0.39, 0.29) is 11.9 Å². The fourth-order valence-electron chi connectivity index (χ4n) is 1.35. The lowest BCUT2D eigenvalue weighted by atomic mass is 10.2. The summed E-state index contributed by atoms with van der Waals surface area (Å²) >= 11 is 0. The number of methoxy groups -OCH3 is 2. The molecule has 2 rings (SSSR count). The lowest BCUT2D eigenvalue weighted by molar-refractivity contribution is 0.102. The first-order chi connectivity index (χ1) is 9.22. The zero-order valence-corrected chi connectivity index (χ0v) is 10.5. The van der Waals surface area contributed by atoms with Gasteiger partial charge in [-0.3, -0.25) is 4.79 Å². The fraction of sp³-hybridized carbons (Fsp3) is 0.167. The molecule has 98 valence electrons. The van der Waals surface area contributed by atoms with Crippen LogP contribution in [0.15, 0.2) is 30.7 Å². The third kappa shape index (κ3) is 3.15. The molecule has 0 aliphatic heterocycles. The van der Waals surface area contributed by atoms with E-state index in [1.807, 2.05) is 0 Å². The SMILES string of the molecule is COc1cc(C(=O)Nc2cnc(OC)nc2)ccn1. The van der Waals surface area contributed by atoms with E-state index in [4.69, 9.17) is 9.47 Å². The molecule has 2 heterocycles. The number of anilines is 1. The molecule has 0 spiro atoms. The van der Waals surface area contributed by atoms with Gasteiger partial charge in [0.15, 0.2) is 0 Å². The number of carbonyl (C=O) groups excluding carboxylic acids is 1. The molecule has 2 aromatic rings. The van der Waals surface area contributed by atoms with Gasteiger partial charge in [-0.1, -0.05) is 0 Å². The molecule has 2 aromatic heterocycles. The minimum atomic E-state index is -0.297. The Kier molecular flexibility index (Phi) is 3.87. The van der Waals surface area contributed by atoms with Gasteiger partial charge in [0.25, 0.3) is 5.91 Å². The first-order valence-electron chi connectivity index (χ1n) is 5.40. The summed E-state index contributed by atoms with van der Waals surface area (Å²) in [6.07, 6.45) is 4.42. The summed E-state index contributed by atoms with van der Waals surface area (Å²) < 4.78 is 9.78. The Balaban J connectivity index is 2.11. The topological polar surface area (TPSA) is 86.2 Å². The smallest absolute Gasteiger partial charge is 0.316 e. The van der Waals surface area contributed by atoms with Crippen LogP contribution in [0.1, 0.15) is 10.4 Å². The number of aromatic nitrogens is 3. The molecule has 0 saturated carbocycles. The largest absolute Gasteiger partial charge is 0.481 e. The van der Waals surface area contributed by atoms with Gasteiger partial charge >= 0.3 is 6.01 Å². The maximum absolute atomic E-state index is 12.0. The molecule has 0 aromatic carbocycles. The zero-order chi connectivity index (χ0) is 13.7. The van der Waals surface area contributed by atoms with Crippen molar-refractivity contribution in [2.24, 2.45) is 0 Å². The Morgan fingerprint density at radius 1 is 1.16 bits per heavy atom. The van der Waals surface area contributed by atoms with Gasteiger partial charge in [0.2, 0.25) is 5.88 Å². The van der Waals surface area contributed by atoms with Gasteiger partial charge in [0.05, 0.1) is 32.3 Å². The van der Waals surface area contributed by atoms with Crippen LogP contribution in [0.2, 0.25) is 0 Å². The number of hydrogen-bond acceptors (Lipinski definition) is 6. The Morgan fingerprint density at radius 3 is 2.53 bits per heavy atom. The third-order valence-corrected chi connectivity index (χ3v) is 2.27. The Hall–Kier alpha value is -2.70. The predicted molar refractivity (Wildman–Crippen MR) is 67.3 cm³/mol. The van der Waals surface area contributed by atoms with Crippen molar-refractivity contribution in [1.82, 2.24) is 15.0 Å². The van der Waals surface area contributed by atoms with Crippen LogP contribution in [-0.4, -0.2) is 35.1 Å². The average Bonchev–Trinajstić information content (AvgIpc) is 2.48. The number of ether oxygens (including phenoxy) is 2. The van der Waals surface area contributed by atoms with Crippen LogP contribution in [0.3, 0.4) is 0 Å². The van der Waals surface area contributed by atoms with Crippen molar-refractivity contribution in [2.45, 2.75) is 0 Å². The van der Waals surface area contributed by atoms with Gasteiger partial charge in [-0.05, 0) is 6.07 Å². The van der Waals surface area contributed by atoms with Crippen LogP contribution in [0.5, 0.6) is 11.9 Å². The second-order valence-electron chi connectivity index (χ2n) is 3.50. The minimum absolute atomic E-state index is 0.239. The number of nitrogens with zero attached hydrogens (tertiary/aromatic N) is 3. The highest BCUT2D eigenvalue weighted by atomic mass is 16.5. The van der Waals surface area contributed by atoms with Crippen molar-refractivity contribution in [3.8, 4) is 11.9 Å². The normalized spacial score (nSPS) is 9.79. The number of amides is 1. The highest BCUT2D eigenvalue weighted by Crippen LogP contribution is 2.12. The maximum atomic E-state index is 12.0. The molecule has 1 N–H and O–H groups in total. The maximum Gasteiger partial charge on any atom is 0.316 e. The lowest BCUT2D eigenvalue weighted by Gasteiger charge is -2.05. The van der Waals surface area contributed by atoms with Crippen LogP contribution in [0, 0.1) is 0 Å². The van der Waals surface area contributed by atoms with Crippen molar-refractivity contribution in [3.05, 3.63) is 36.3 Å². The summed E-state index contributed by atoms with van der Waals surface area (Å²) in [5.74, 6) is 0.0769. The monoisotopic (exact) mass is 260 g/mol. The van der Waals surface area contributed by atoms with E-state index in [0.717, 1.165) is 0 Å². The number of pyridine rings is 1. The molecular formula is C12H12N4O3. The first kappa shape index (κ1) is 12.7. The Labute approximate surface area is 109 Å². The molecule has 0 unspecified atom stereocenters. The summed E-state index contributed by atoms with van der Waals surface area (Å²) in [5, 5.41) is 2.66. The number of hydrogen-bond donors (Lipinski definition) is 1. The third-order valence-electron chi connectivity index (χ3n) is 2.27. The van der Waals surface area contributed by atoms with Gasteiger partial charge < -0.3 is 14.8 Å². The molecule has 1 amide bonds. The van der Waals surface area contributed by atoms with E-state index in [1.54, 1.807) is 12.1 Å². The van der Waals surface area contributed by atoms with Crippen molar-refractivity contribution in [2.75, 3.05) is 19.5 Å². The summed E-state index contributed by atoms with van der Waals surface area (Å²) in [7, 11) is 2.96. The van der Waals surface area contributed by atoms with E-state index in [1.165, 1.54) is 32.8 Å². The molecule has 0 bridgehead atoms. The average molecular weight is 260 g/mol. The minimum Gasteiger partial charge on any atom is -0.481 e. The van der Waals surface area contributed by atoms with Gasteiger partial charge in [-0.15, -0.1) is 0 Å². The molecule has 19 heavy (non-hydrogen) atoms. The molecular weight excluding hydrogens is 248 g/mol. The predicted octanol–water partition coefficient (Wildman–Crippen LogP) is 1.14. The summed E-state index contributed by atoms with van der Waals surface area (Å²) in [5.41, 5.74) is 0.907. The van der Waals surface area contributed by atoms with Gasteiger partial charge in [-0.25, -0.2) is 15.0 Å². The van der Waals surface area contributed by atoms with Crippen molar-refractivity contribution >= 4 is 11.6 Å². The number of rotatable bonds is 4. The zero-order valence-electron chi connectivity index (χ0n) is 10.5. The molecule has 7 heteroatoms. The van der Waals surface area contributed by atoms with E-state index in [9.17, 15) is 4.79 Å². The van der Waals surface area contributed by atoms with E-state index in [2.05, 4.69) is 20.3 Å². The first-order valence-corrected chi connectivity index (χ1v) is 5.40. The molecule has 0 aliphatic rings. The molecule has 7 nitrogen and oxygen atoms in total. The van der Waals surface area contributed by atoms with Gasteiger partial charge in [0.1, 0.15) is 0 Å². The van der Waals surface area contributed by atoms with Crippen LogP contribution in [0.4, 0.5) is 5.69 Å². The van der Waals surface area contributed by atoms with Crippen LogP contribution in [-0.2, 0) is 0 Å². The molecule has 0 fully saturated rings. The highest BCUT2D eigenvalue weighted by molar-refractivity contribution is 6.04. The highest BCUT2D eigenvalue weighted by Gasteiger charge is 2.08. The number of carbonyl (C=O) groups is 1. The Bertz CT molecular complexity index is 571. The Morgan fingerprint density at radius 2 is 1.89 bits per heavy atom. The van der Waals surface area contributed by atoms with Crippen molar-refractivity contribution in [1.29, 1.82) is 0 Å². The van der Waals surface area contributed by atoms with E-state index < -0.39 is 0 Å². The number of nitrogens with one attached hydrogen (secondary N) is 1. The second-order valence-corrected chi connectivity index (χ2v) is 3.50. The van der Waals surface area contributed by atoms with Crippen LogP contribution in [0.25, 0.3) is 0 Å². The van der Waals surface area contributed by atoms with E-state index in [0.29, 0.717) is 17.1 Å². The van der Waals surface area contributed by atoms with Crippen LogP contribution < -0.4 is 14.8 Å². The molecule has 0 atom stereocenters. The van der Waals surface area contributed by atoms with Gasteiger partial charge in [-0.2, -0.15) is 0 Å². The summed E-state index contributed by atoms with van der Waals surface area (Å²) in [6.45, 7) is 0. The summed E-state index contributed by atoms with van der Waals surface area (Å²) in [4.78, 5) is 23.7. The molecule has 0 radical (unpaired) electrons. The van der Waals surface area contributed by atoms with Crippen LogP contribution >= 0.6 is 0 Å². The molecule has 0 aliphatic carbocycles. The van der Waals surface area contributed by atoms with E-state index >= 15 is 0 Å². The lowest BCUT2D eigenvalue weighted by Crippen LogP contribution is -2.12. The fourth-order valence-corrected chi connectivity index (χ4v) is 1.35. The quantitative estimate of drug-likeness (QED) is 0.887.